The lowest BCUT2D eigenvalue weighted by Crippen LogP contribution is -2.44. The van der Waals surface area contributed by atoms with Crippen LogP contribution in [0.2, 0.25) is 0 Å². The smallest absolute Gasteiger partial charge is 0.227 e. The van der Waals surface area contributed by atoms with Gasteiger partial charge in [0.15, 0.2) is 0 Å². The molecule has 0 spiro atoms. The number of aliphatic hydroxyl groups excluding tert-OH is 1. The maximum absolute atomic E-state index is 13.5. The Bertz CT molecular complexity index is 482. The second-order valence-corrected chi connectivity index (χ2v) is 4.71. The number of β-amino-alcohol motifs (C(OH)–C–C–N with tert-alkyl or cyclic N) is 1. The number of aliphatic hydroxyl groups is 1. The number of carbonyl (C=O) groups excluding carboxylic acids is 1. The van der Waals surface area contributed by atoms with Gasteiger partial charge in [-0.05, 0) is 11.6 Å². The van der Waals surface area contributed by atoms with Crippen molar-refractivity contribution < 1.29 is 18.7 Å². The first-order valence-electron chi connectivity index (χ1n) is 6.07. The summed E-state index contributed by atoms with van der Waals surface area (Å²) in [5.41, 5.74) is 0.152. The van der Waals surface area contributed by atoms with Crippen molar-refractivity contribution in [2.24, 2.45) is 0 Å². The Morgan fingerprint density at radius 1 is 1.47 bits per heavy atom. The van der Waals surface area contributed by atoms with Gasteiger partial charge in [0.05, 0.1) is 18.6 Å². The quantitative estimate of drug-likeness (QED) is 0.830. The van der Waals surface area contributed by atoms with Crippen molar-refractivity contribution in [2.45, 2.75) is 18.6 Å². The van der Waals surface area contributed by atoms with Crippen LogP contribution in [0, 0.1) is 11.6 Å². The van der Waals surface area contributed by atoms with Crippen LogP contribution >= 0.6 is 0 Å². The minimum Gasteiger partial charge on any atom is -0.390 e. The standard InChI is InChI=1S/C13H16F2N2O2/c1-17(11-6-16-7-12(11)18)13(19)4-8-2-3-9(14)5-10(8)15/h2-3,5,11-12,16,18H,4,6-7H2,1H3/t11-,12-/m0/s1. The van der Waals surface area contributed by atoms with Gasteiger partial charge in [0.25, 0.3) is 0 Å². The van der Waals surface area contributed by atoms with Gasteiger partial charge in [-0.1, -0.05) is 6.07 Å². The zero-order valence-corrected chi connectivity index (χ0v) is 10.6. The van der Waals surface area contributed by atoms with Gasteiger partial charge in [-0.3, -0.25) is 4.79 Å². The first-order chi connectivity index (χ1) is 8.99. The van der Waals surface area contributed by atoms with E-state index in [1.807, 2.05) is 0 Å². The lowest BCUT2D eigenvalue weighted by atomic mass is 10.1. The Hall–Kier alpha value is -1.53. The van der Waals surface area contributed by atoms with Crippen LogP contribution in [-0.4, -0.2) is 48.2 Å². The van der Waals surface area contributed by atoms with Crippen molar-refractivity contribution in [2.75, 3.05) is 20.1 Å². The fraction of sp³-hybridized carbons (Fsp3) is 0.462. The molecule has 1 saturated heterocycles. The third kappa shape index (κ3) is 3.08. The molecule has 2 atom stereocenters. The molecule has 1 amide bonds. The van der Waals surface area contributed by atoms with Gasteiger partial charge < -0.3 is 15.3 Å². The number of hydrogen-bond donors (Lipinski definition) is 2. The van der Waals surface area contributed by atoms with Crippen LogP contribution in [0.5, 0.6) is 0 Å². The van der Waals surface area contributed by atoms with E-state index in [2.05, 4.69) is 5.32 Å². The first-order valence-corrected chi connectivity index (χ1v) is 6.07. The van der Waals surface area contributed by atoms with E-state index < -0.39 is 17.7 Å². The number of rotatable bonds is 3. The van der Waals surface area contributed by atoms with Crippen molar-refractivity contribution in [3.63, 3.8) is 0 Å². The second-order valence-electron chi connectivity index (χ2n) is 4.71. The van der Waals surface area contributed by atoms with E-state index in [4.69, 9.17) is 0 Å². The van der Waals surface area contributed by atoms with Gasteiger partial charge >= 0.3 is 0 Å². The molecule has 0 aromatic heterocycles. The molecular formula is C13H16F2N2O2. The third-order valence-corrected chi connectivity index (χ3v) is 3.40. The van der Waals surface area contributed by atoms with Crippen LogP contribution in [-0.2, 0) is 11.2 Å². The number of halogens is 2. The molecule has 0 unspecified atom stereocenters. The monoisotopic (exact) mass is 270 g/mol. The van der Waals surface area contributed by atoms with E-state index in [1.165, 1.54) is 11.0 Å². The SMILES string of the molecule is CN(C(=O)Cc1ccc(F)cc1F)[C@H]1CNC[C@@H]1O. The normalized spacial score (nSPS) is 22.5. The number of amides is 1. The number of likely N-dealkylation sites (N-methyl/N-ethyl adjacent to an activating group) is 1. The summed E-state index contributed by atoms with van der Waals surface area (Å²) in [5, 5.41) is 12.7. The van der Waals surface area contributed by atoms with Crippen LogP contribution in [0.25, 0.3) is 0 Å². The highest BCUT2D eigenvalue weighted by atomic mass is 19.1. The Labute approximate surface area is 110 Å². The van der Waals surface area contributed by atoms with Crippen molar-refractivity contribution >= 4 is 5.91 Å². The Morgan fingerprint density at radius 2 is 2.21 bits per heavy atom. The second kappa shape index (κ2) is 5.63. The molecular weight excluding hydrogens is 254 g/mol. The van der Waals surface area contributed by atoms with Gasteiger partial charge in [-0.25, -0.2) is 8.78 Å². The van der Waals surface area contributed by atoms with E-state index in [1.54, 1.807) is 7.05 Å². The fourth-order valence-corrected chi connectivity index (χ4v) is 2.18. The number of carbonyl (C=O) groups is 1. The van der Waals surface area contributed by atoms with Gasteiger partial charge in [0, 0.05) is 26.2 Å². The molecule has 1 aromatic rings. The molecule has 2 N–H and O–H groups in total. The summed E-state index contributed by atoms with van der Waals surface area (Å²) in [5.74, 6) is -1.71. The van der Waals surface area contributed by atoms with Crippen molar-refractivity contribution in [1.29, 1.82) is 0 Å². The highest BCUT2D eigenvalue weighted by Crippen LogP contribution is 2.13. The molecule has 104 valence electrons. The molecule has 19 heavy (non-hydrogen) atoms. The molecule has 0 saturated carbocycles. The van der Waals surface area contributed by atoms with Gasteiger partial charge in [-0.2, -0.15) is 0 Å². The zero-order valence-electron chi connectivity index (χ0n) is 10.6. The highest BCUT2D eigenvalue weighted by molar-refractivity contribution is 5.79. The van der Waals surface area contributed by atoms with Crippen molar-refractivity contribution in [3.05, 3.63) is 35.4 Å². The molecule has 2 rings (SSSR count). The van der Waals surface area contributed by atoms with Gasteiger partial charge in [-0.15, -0.1) is 0 Å². The van der Waals surface area contributed by atoms with Gasteiger partial charge in [0.2, 0.25) is 5.91 Å². The zero-order chi connectivity index (χ0) is 14.0. The summed E-state index contributed by atoms with van der Waals surface area (Å²) in [6, 6.07) is 2.84. The van der Waals surface area contributed by atoms with E-state index in [9.17, 15) is 18.7 Å². The molecule has 0 radical (unpaired) electrons. The van der Waals surface area contributed by atoms with E-state index in [0.29, 0.717) is 13.1 Å². The predicted octanol–water partition coefficient (Wildman–Crippen LogP) is 0.298. The number of nitrogens with zero attached hydrogens (tertiary/aromatic N) is 1. The van der Waals surface area contributed by atoms with Crippen LogP contribution in [0.3, 0.4) is 0 Å². The van der Waals surface area contributed by atoms with Crippen LogP contribution in [0.1, 0.15) is 5.56 Å². The number of hydrogen-bond acceptors (Lipinski definition) is 3. The summed E-state index contributed by atoms with van der Waals surface area (Å²) in [6.07, 6.45) is -0.765. The third-order valence-electron chi connectivity index (χ3n) is 3.40. The Morgan fingerprint density at radius 3 is 2.79 bits per heavy atom. The minimum absolute atomic E-state index is 0.147. The molecule has 1 aliphatic rings. The maximum Gasteiger partial charge on any atom is 0.227 e. The predicted molar refractivity (Wildman–Crippen MR) is 65.5 cm³/mol. The molecule has 4 nitrogen and oxygen atoms in total. The summed E-state index contributed by atoms with van der Waals surface area (Å²) < 4.78 is 26.2. The van der Waals surface area contributed by atoms with Crippen molar-refractivity contribution in [3.8, 4) is 0 Å². The lowest BCUT2D eigenvalue weighted by molar-refractivity contribution is -0.132. The van der Waals surface area contributed by atoms with E-state index in [0.717, 1.165) is 12.1 Å². The molecule has 1 aromatic carbocycles. The average molecular weight is 270 g/mol. The lowest BCUT2D eigenvalue weighted by Gasteiger charge is -2.26. The van der Waals surface area contributed by atoms with Crippen LogP contribution in [0.4, 0.5) is 8.78 Å². The largest absolute Gasteiger partial charge is 0.390 e. The average Bonchev–Trinajstić information content (AvgIpc) is 2.78. The van der Waals surface area contributed by atoms with Crippen LogP contribution in [0.15, 0.2) is 18.2 Å². The number of nitrogens with one attached hydrogen (secondary N) is 1. The first kappa shape index (κ1) is 13.9. The highest BCUT2D eigenvalue weighted by Gasteiger charge is 2.31. The van der Waals surface area contributed by atoms with Gasteiger partial charge in [0.1, 0.15) is 11.6 Å². The summed E-state index contributed by atoms with van der Waals surface area (Å²) in [4.78, 5) is 13.4. The summed E-state index contributed by atoms with van der Waals surface area (Å²) >= 11 is 0. The minimum atomic E-state index is -0.730. The molecule has 1 aliphatic heterocycles. The maximum atomic E-state index is 13.5. The van der Waals surface area contributed by atoms with Crippen LogP contribution < -0.4 is 5.32 Å². The molecule has 6 heteroatoms. The van der Waals surface area contributed by atoms with E-state index >= 15 is 0 Å². The summed E-state index contributed by atoms with van der Waals surface area (Å²) in [6.45, 7) is 0.947. The topological polar surface area (TPSA) is 52.6 Å². The molecule has 0 aliphatic carbocycles. The Kier molecular flexibility index (Phi) is 4.11. The van der Waals surface area contributed by atoms with E-state index in [-0.39, 0.29) is 23.9 Å². The Balaban J connectivity index is 2.04. The molecule has 1 heterocycles. The fourth-order valence-electron chi connectivity index (χ4n) is 2.18. The molecule has 1 fully saturated rings. The summed E-state index contributed by atoms with van der Waals surface area (Å²) in [7, 11) is 1.57. The van der Waals surface area contributed by atoms with Crippen molar-refractivity contribution in [1.82, 2.24) is 10.2 Å². The number of benzene rings is 1. The molecule has 0 bridgehead atoms.